The van der Waals surface area contributed by atoms with Crippen molar-refractivity contribution in [3.8, 4) is 0 Å². The number of carbonyl (C=O) groups excluding carboxylic acids is 1. The zero-order valence-corrected chi connectivity index (χ0v) is 19.1. The fourth-order valence-corrected chi connectivity index (χ4v) is 4.41. The quantitative estimate of drug-likeness (QED) is 0.615. The summed E-state index contributed by atoms with van der Waals surface area (Å²) in [4.78, 5) is 32.5. The minimum atomic E-state index is -5.08. The number of benzene rings is 1. The van der Waals surface area contributed by atoms with E-state index in [2.05, 4.69) is 9.88 Å². The number of carboxylic acid groups (broad SMARTS) is 1. The first-order valence-corrected chi connectivity index (χ1v) is 11.7. The highest BCUT2D eigenvalue weighted by Crippen LogP contribution is 2.28. The smallest absolute Gasteiger partial charge is 0.475 e. The molecule has 2 heterocycles. The van der Waals surface area contributed by atoms with E-state index in [1.807, 2.05) is 11.0 Å². The SMILES string of the molecule is O=C(O)C(F)(F)F.O=C(c1ccc(Sc2ccc(F)cc2)cn1)N1CCCN(C2CCC2)CC1. The zero-order chi connectivity index (χ0) is 24.7. The van der Waals surface area contributed by atoms with Crippen LogP contribution in [0.3, 0.4) is 0 Å². The van der Waals surface area contributed by atoms with Gasteiger partial charge in [-0.15, -0.1) is 0 Å². The minimum absolute atomic E-state index is 0.0174. The largest absolute Gasteiger partial charge is 0.490 e. The van der Waals surface area contributed by atoms with E-state index in [4.69, 9.17) is 9.90 Å². The van der Waals surface area contributed by atoms with E-state index in [0.29, 0.717) is 5.69 Å². The molecule has 0 unspecified atom stereocenters. The van der Waals surface area contributed by atoms with E-state index in [9.17, 15) is 22.4 Å². The van der Waals surface area contributed by atoms with Gasteiger partial charge in [0.05, 0.1) is 0 Å². The fraction of sp³-hybridized carbons (Fsp3) is 0.435. The summed E-state index contributed by atoms with van der Waals surface area (Å²) in [5.74, 6) is -2.98. The lowest BCUT2D eigenvalue weighted by Gasteiger charge is -2.36. The molecule has 4 rings (SSSR count). The zero-order valence-electron chi connectivity index (χ0n) is 18.3. The van der Waals surface area contributed by atoms with Crippen molar-refractivity contribution in [2.75, 3.05) is 26.2 Å². The topological polar surface area (TPSA) is 73.7 Å². The number of aliphatic carboxylic acids is 1. The van der Waals surface area contributed by atoms with Crippen molar-refractivity contribution in [2.45, 2.75) is 47.7 Å². The molecule has 1 aliphatic heterocycles. The monoisotopic (exact) mass is 499 g/mol. The van der Waals surface area contributed by atoms with Crippen LogP contribution in [0.5, 0.6) is 0 Å². The van der Waals surface area contributed by atoms with Gasteiger partial charge in [-0.2, -0.15) is 13.2 Å². The van der Waals surface area contributed by atoms with Crippen molar-refractivity contribution in [1.29, 1.82) is 0 Å². The van der Waals surface area contributed by atoms with Crippen LogP contribution in [-0.2, 0) is 4.79 Å². The molecule has 2 aliphatic rings. The molecular formula is C23H25F4N3O3S. The van der Waals surface area contributed by atoms with Crippen LogP contribution >= 0.6 is 11.8 Å². The van der Waals surface area contributed by atoms with E-state index in [1.165, 1.54) is 43.2 Å². The van der Waals surface area contributed by atoms with Crippen molar-refractivity contribution >= 4 is 23.6 Å². The molecule has 11 heteroatoms. The average molecular weight is 500 g/mol. The summed E-state index contributed by atoms with van der Waals surface area (Å²) in [5.41, 5.74) is 0.496. The molecule has 1 saturated carbocycles. The maximum Gasteiger partial charge on any atom is 0.490 e. The van der Waals surface area contributed by atoms with Gasteiger partial charge in [-0.1, -0.05) is 18.2 Å². The third-order valence-electron chi connectivity index (χ3n) is 5.66. The Kier molecular flexibility index (Phi) is 8.90. The van der Waals surface area contributed by atoms with E-state index in [-0.39, 0.29) is 11.7 Å². The van der Waals surface area contributed by atoms with Gasteiger partial charge < -0.3 is 10.0 Å². The third-order valence-corrected chi connectivity index (χ3v) is 6.64. The van der Waals surface area contributed by atoms with Gasteiger partial charge >= 0.3 is 12.1 Å². The molecule has 0 atom stereocenters. The van der Waals surface area contributed by atoms with Crippen molar-refractivity contribution in [3.63, 3.8) is 0 Å². The molecule has 1 aliphatic carbocycles. The van der Waals surface area contributed by atoms with Gasteiger partial charge in [0.15, 0.2) is 0 Å². The maximum absolute atomic E-state index is 13.0. The second-order valence-electron chi connectivity index (χ2n) is 8.00. The van der Waals surface area contributed by atoms with E-state index in [0.717, 1.165) is 48.4 Å². The molecule has 0 radical (unpaired) electrons. The first-order valence-electron chi connectivity index (χ1n) is 10.9. The van der Waals surface area contributed by atoms with Crippen molar-refractivity contribution < 1.29 is 32.3 Å². The Labute approximate surface area is 199 Å². The number of hydrogen-bond acceptors (Lipinski definition) is 5. The number of carboxylic acids is 1. The van der Waals surface area contributed by atoms with Crippen LogP contribution in [0.25, 0.3) is 0 Å². The van der Waals surface area contributed by atoms with Gasteiger partial charge in [-0.3, -0.25) is 9.69 Å². The number of alkyl halides is 3. The highest BCUT2D eigenvalue weighted by atomic mass is 32.2. The normalized spacial score (nSPS) is 17.2. The first kappa shape index (κ1) is 26.0. The molecular weight excluding hydrogens is 474 g/mol. The summed E-state index contributed by atoms with van der Waals surface area (Å²) in [6.45, 7) is 3.64. The highest BCUT2D eigenvalue weighted by molar-refractivity contribution is 7.99. The maximum atomic E-state index is 13.0. The van der Waals surface area contributed by atoms with Crippen LogP contribution in [0.15, 0.2) is 52.4 Å². The van der Waals surface area contributed by atoms with Crippen LogP contribution < -0.4 is 0 Å². The summed E-state index contributed by atoms with van der Waals surface area (Å²) >= 11 is 1.51. The molecule has 1 N–H and O–H groups in total. The Morgan fingerprint density at radius 2 is 1.59 bits per heavy atom. The fourth-order valence-electron chi connectivity index (χ4n) is 3.63. The number of rotatable bonds is 4. The average Bonchev–Trinajstić information content (AvgIpc) is 3.00. The van der Waals surface area contributed by atoms with Crippen molar-refractivity contribution in [1.82, 2.24) is 14.8 Å². The lowest BCUT2D eigenvalue weighted by molar-refractivity contribution is -0.192. The van der Waals surface area contributed by atoms with Gasteiger partial charge in [-0.25, -0.2) is 14.2 Å². The second kappa shape index (κ2) is 11.7. The van der Waals surface area contributed by atoms with Gasteiger partial charge in [0, 0.05) is 48.2 Å². The van der Waals surface area contributed by atoms with Gasteiger partial charge in [0.1, 0.15) is 11.5 Å². The summed E-state index contributed by atoms with van der Waals surface area (Å²) in [6.07, 6.45) is 1.63. The van der Waals surface area contributed by atoms with Crippen LogP contribution in [0.2, 0.25) is 0 Å². The number of aromatic nitrogens is 1. The van der Waals surface area contributed by atoms with E-state index in [1.54, 1.807) is 24.4 Å². The third kappa shape index (κ3) is 7.42. The van der Waals surface area contributed by atoms with Gasteiger partial charge in [0.2, 0.25) is 0 Å². The highest BCUT2D eigenvalue weighted by Gasteiger charge is 2.38. The summed E-state index contributed by atoms with van der Waals surface area (Å²) in [7, 11) is 0. The van der Waals surface area contributed by atoms with Crippen molar-refractivity contribution in [3.05, 3.63) is 54.1 Å². The molecule has 184 valence electrons. The number of pyridine rings is 1. The Hall–Kier alpha value is -2.66. The summed E-state index contributed by atoms with van der Waals surface area (Å²) in [6, 6.07) is 10.8. The molecule has 1 aromatic heterocycles. The molecule has 34 heavy (non-hydrogen) atoms. The van der Waals surface area contributed by atoms with E-state index >= 15 is 0 Å². The van der Waals surface area contributed by atoms with E-state index < -0.39 is 12.1 Å². The number of hydrogen-bond donors (Lipinski definition) is 1. The molecule has 6 nitrogen and oxygen atoms in total. The predicted molar refractivity (Wildman–Crippen MR) is 118 cm³/mol. The molecule has 0 bridgehead atoms. The van der Waals surface area contributed by atoms with Crippen LogP contribution in [-0.4, -0.2) is 70.2 Å². The van der Waals surface area contributed by atoms with Gasteiger partial charge in [0.25, 0.3) is 5.91 Å². The lowest BCUT2D eigenvalue weighted by atomic mass is 9.91. The summed E-state index contributed by atoms with van der Waals surface area (Å²) in [5, 5.41) is 7.12. The van der Waals surface area contributed by atoms with Crippen LogP contribution in [0.1, 0.15) is 36.2 Å². The number of amides is 1. The Bertz CT molecular complexity index is 967. The molecule has 1 saturated heterocycles. The van der Waals surface area contributed by atoms with Gasteiger partial charge in [-0.05, 0) is 55.7 Å². The molecule has 0 spiro atoms. The van der Waals surface area contributed by atoms with Crippen molar-refractivity contribution in [2.24, 2.45) is 0 Å². The number of nitrogens with zero attached hydrogens (tertiary/aromatic N) is 3. The lowest BCUT2D eigenvalue weighted by Crippen LogP contribution is -2.42. The first-order chi connectivity index (χ1) is 16.1. The molecule has 2 fully saturated rings. The Balaban J connectivity index is 0.000000406. The molecule has 1 aromatic carbocycles. The molecule has 2 aromatic rings. The standard InChI is InChI=1S/C21H24FN3OS.C2HF3O2/c22-16-5-7-18(8-6-16)27-19-9-10-20(23-15-19)21(26)25-12-2-11-24(13-14-25)17-3-1-4-17;3-2(4,5)1(6)7/h5-10,15,17H,1-4,11-14H2;(H,6,7). The minimum Gasteiger partial charge on any atom is -0.475 e. The summed E-state index contributed by atoms with van der Waals surface area (Å²) < 4.78 is 44.7. The Morgan fingerprint density at radius 3 is 2.12 bits per heavy atom. The Morgan fingerprint density at radius 1 is 0.941 bits per heavy atom. The number of halogens is 4. The van der Waals surface area contributed by atoms with Crippen LogP contribution in [0.4, 0.5) is 17.6 Å². The number of carbonyl (C=O) groups is 2. The van der Waals surface area contributed by atoms with Crippen LogP contribution in [0, 0.1) is 5.82 Å². The second-order valence-corrected chi connectivity index (χ2v) is 9.15. The molecule has 1 amide bonds. The predicted octanol–water partition coefficient (Wildman–Crippen LogP) is 4.71.